The smallest absolute Gasteiger partial charge is 0.266 e. The van der Waals surface area contributed by atoms with E-state index in [0.29, 0.717) is 22.5 Å². The van der Waals surface area contributed by atoms with Crippen LogP contribution in [0.5, 0.6) is 0 Å². The van der Waals surface area contributed by atoms with E-state index in [2.05, 4.69) is 15.3 Å². The van der Waals surface area contributed by atoms with E-state index in [1.165, 1.54) is 22.8 Å². The molecule has 2 aromatic heterocycles. The van der Waals surface area contributed by atoms with E-state index in [1.807, 2.05) is 0 Å². The molecule has 1 N–H and O–H groups in total. The van der Waals surface area contributed by atoms with E-state index in [9.17, 15) is 22.4 Å². The van der Waals surface area contributed by atoms with Crippen molar-refractivity contribution in [2.24, 2.45) is 0 Å². The number of fused-ring (bicyclic) bond motifs is 1. The number of nitrogens with zero attached hydrogens (tertiary/aromatic N) is 3. The first-order valence-corrected chi connectivity index (χ1v) is 9.62. The SMILES string of the molecule is Cc1nc(N[C@H](C)c2cccc(C(F)F)c2F)c2cn(C3CC(F)C3)c(=O)cc2n1. The maximum absolute atomic E-state index is 14.5. The molecule has 1 atom stereocenters. The lowest BCUT2D eigenvalue weighted by atomic mass is 9.90. The highest BCUT2D eigenvalue weighted by Crippen LogP contribution is 2.35. The lowest BCUT2D eigenvalue weighted by Crippen LogP contribution is -2.34. The average Bonchev–Trinajstić information content (AvgIpc) is 2.65. The number of anilines is 1. The van der Waals surface area contributed by atoms with Crippen molar-refractivity contribution in [3.63, 3.8) is 0 Å². The summed E-state index contributed by atoms with van der Waals surface area (Å²) in [5.41, 5.74) is -0.474. The third kappa shape index (κ3) is 3.64. The van der Waals surface area contributed by atoms with Crippen LogP contribution in [0, 0.1) is 12.7 Å². The Morgan fingerprint density at radius 2 is 1.90 bits per heavy atom. The minimum atomic E-state index is -2.92. The molecule has 1 aliphatic rings. The maximum atomic E-state index is 14.5. The molecule has 1 aliphatic carbocycles. The summed E-state index contributed by atoms with van der Waals surface area (Å²) in [6, 6.07) is 4.31. The van der Waals surface area contributed by atoms with Crippen molar-refractivity contribution in [1.82, 2.24) is 14.5 Å². The number of benzene rings is 1. The number of alkyl halides is 3. The summed E-state index contributed by atoms with van der Waals surface area (Å²) >= 11 is 0. The molecule has 0 aliphatic heterocycles. The van der Waals surface area contributed by atoms with Gasteiger partial charge in [0.2, 0.25) is 0 Å². The second-order valence-electron chi connectivity index (χ2n) is 7.58. The number of hydrogen-bond acceptors (Lipinski definition) is 4. The highest BCUT2D eigenvalue weighted by atomic mass is 19.3. The summed E-state index contributed by atoms with van der Waals surface area (Å²) in [4.78, 5) is 21.1. The predicted octanol–water partition coefficient (Wildman–Crippen LogP) is 5.02. The van der Waals surface area contributed by atoms with Crippen LogP contribution in [0.1, 0.15) is 55.2 Å². The largest absolute Gasteiger partial charge is 0.363 e. The van der Waals surface area contributed by atoms with Crippen molar-refractivity contribution < 1.29 is 17.6 Å². The minimum Gasteiger partial charge on any atom is -0.363 e. The van der Waals surface area contributed by atoms with Crippen LogP contribution in [0.4, 0.5) is 23.4 Å². The Morgan fingerprint density at radius 1 is 1.20 bits per heavy atom. The quantitative estimate of drug-likeness (QED) is 0.589. The molecule has 5 nitrogen and oxygen atoms in total. The van der Waals surface area contributed by atoms with Crippen LogP contribution in [-0.2, 0) is 0 Å². The average molecular weight is 420 g/mol. The normalized spacial score (nSPS) is 19.7. The van der Waals surface area contributed by atoms with Gasteiger partial charge in [0.25, 0.3) is 12.0 Å². The lowest BCUT2D eigenvalue weighted by molar-refractivity contribution is 0.134. The highest BCUT2D eigenvalue weighted by molar-refractivity contribution is 5.88. The fourth-order valence-corrected chi connectivity index (χ4v) is 3.73. The van der Waals surface area contributed by atoms with Crippen LogP contribution in [0.15, 0.2) is 35.3 Å². The van der Waals surface area contributed by atoms with Crippen molar-refractivity contribution in [3.8, 4) is 0 Å². The van der Waals surface area contributed by atoms with Crippen LogP contribution in [0.2, 0.25) is 0 Å². The molecule has 30 heavy (non-hydrogen) atoms. The van der Waals surface area contributed by atoms with E-state index >= 15 is 0 Å². The predicted molar refractivity (Wildman–Crippen MR) is 105 cm³/mol. The Morgan fingerprint density at radius 3 is 2.57 bits per heavy atom. The van der Waals surface area contributed by atoms with E-state index in [1.54, 1.807) is 20.0 Å². The third-order valence-corrected chi connectivity index (χ3v) is 5.43. The lowest BCUT2D eigenvalue weighted by Gasteiger charge is -2.31. The molecular formula is C21H20F4N4O. The van der Waals surface area contributed by atoms with Gasteiger partial charge >= 0.3 is 0 Å². The van der Waals surface area contributed by atoms with Gasteiger partial charge in [-0.25, -0.2) is 27.5 Å². The first-order chi connectivity index (χ1) is 14.2. The van der Waals surface area contributed by atoms with Gasteiger partial charge in [-0.1, -0.05) is 18.2 Å². The standard InChI is InChI=1S/C21H20F4N4O/c1-10(14-4-3-5-15(19(14)23)20(24)25)26-21-16-9-29(13-6-12(22)7-13)18(30)8-17(16)27-11(2)28-21/h3-5,8-10,12-13,20H,6-7H2,1-2H3,(H,26,27,28)/t10-,12?,13?/m1/s1. The maximum Gasteiger partial charge on any atom is 0.266 e. The van der Waals surface area contributed by atoms with Crippen LogP contribution < -0.4 is 10.9 Å². The van der Waals surface area contributed by atoms with Gasteiger partial charge in [0.15, 0.2) is 0 Å². The Kier molecular flexibility index (Phi) is 5.21. The van der Waals surface area contributed by atoms with Gasteiger partial charge in [0, 0.05) is 23.9 Å². The van der Waals surface area contributed by atoms with Crippen molar-refractivity contribution in [3.05, 3.63) is 63.6 Å². The van der Waals surface area contributed by atoms with E-state index < -0.39 is 30.0 Å². The van der Waals surface area contributed by atoms with Crippen LogP contribution >= 0.6 is 0 Å². The van der Waals surface area contributed by atoms with Gasteiger partial charge in [-0.05, 0) is 26.7 Å². The summed E-state index contributed by atoms with van der Waals surface area (Å²) in [6.07, 6.45) is -1.73. The molecule has 0 amide bonds. The van der Waals surface area contributed by atoms with E-state index in [0.717, 1.165) is 6.07 Å². The van der Waals surface area contributed by atoms with Crippen LogP contribution in [-0.4, -0.2) is 20.7 Å². The van der Waals surface area contributed by atoms with Crippen LogP contribution in [0.25, 0.3) is 10.9 Å². The topological polar surface area (TPSA) is 59.8 Å². The highest BCUT2D eigenvalue weighted by Gasteiger charge is 2.31. The molecule has 1 saturated carbocycles. The zero-order chi connectivity index (χ0) is 21.6. The van der Waals surface area contributed by atoms with E-state index in [-0.39, 0.29) is 30.0 Å². The molecule has 158 valence electrons. The molecular weight excluding hydrogens is 400 g/mol. The molecule has 0 bridgehead atoms. The molecule has 9 heteroatoms. The number of aromatic nitrogens is 3. The summed E-state index contributed by atoms with van der Waals surface area (Å²) < 4.78 is 55.4. The first kappa shape index (κ1) is 20.3. The second kappa shape index (κ2) is 7.70. The van der Waals surface area contributed by atoms with Gasteiger partial charge in [0.05, 0.1) is 22.5 Å². The summed E-state index contributed by atoms with van der Waals surface area (Å²) in [6.45, 7) is 3.28. The molecule has 1 aromatic carbocycles. The molecule has 0 unspecified atom stereocenters. The molecule has 0 radical (unpaired) electrons. The van der Waals surface area contributed by atoms with Gasteiger partial charge < -0.3 is 9.88 Å². The number of aryl methyl sites for hydroxylation is 1. The van der Waals surface area contributed by atoms with Gasteiger partial charge in [-0.2, -0.15) is 0 Å². The minimum absolute atomic E-state index is 0.0739. The first-order valence-electron chi connectivity index (χ1n) is 9.62. The number of nitrogens with one attached hydrogen (secondary N) is 1. The van der Waals surface area contributed by atoms with Crippen molar-refractivity contribution in [2.75, 3.05) is 5.32 Å². The fourth-order valence-electron chi connectivity index (χ4n) is 3.73. The van der Waals surface area contributed by atoms with Gasteiger partial charge in [-0.3, -0.25) is 4.79 Å². The van der Waals surface area contributed by atoms with E-state index in [4.69, 9.17) is 0 Å². The third-order valence-electron chi connectivity index (χ3n) is 5.43. The monoisotopic (exact) mass is 420 g/mol. The summed E-state index contributed by atoms with van der Waals surface area (Å²) in [5.74, 6) is -0.233. The van der Waals surface area contributed by atoms with Crippen molar-refractivity contribution in [1.29, 1.82) is 0 Å². The number of pyridine rings is 1. The molecule has 0 spiro atoms. The number of halogens is 4. The van der Waals surface area contributed by atoms with Crippen molar-refractivity contribution in [2.45, 2.75) is 51.4 Å². The zero-order valence-corrected chi connectivity index (χ0v) is 16.4. The Bertz CT molecular complexity index is 1160. The van der Waals surface area contributed by atoms with Gasteiger partial charge in [-0.15, -0.1) is 0 Å². The summed E-state index contributed by atoms with van der Waals surface area (Å²) in [7, 11) is 0. The second-order valence-corrected chi connectivity index (χ2v) is 7.58. The molecule has 2 heterocycles. The van der Waals surface area contributed by atoms with Gasteiger partial charge in [0.1, 0.15) is 23.6 Å². The summed E-state index contributed by atoms with van der Waals surface area (Å²) in [5, 5.41) is 3.57. The molecule has 1 fully saturated rings. The fraction of sp³-hybridized carbons (Fsp3) is 0.381. The molecule has 0 saturated heterocycles. The molecule has 4 rings (SSSR count). The zero-order valence-electron chi connectivity index (χ0n) is 16.4. The number of rotatable bonds is 5. The Hall–Kier alpha value is -2.97. The molecule has 3 aromatic rings. The van der Waals surface area contributed by atoms with Crippen LogP contribution in [0.3, 0.4) is 0 Å². The Labute approximate surface area is 169 Å². The Balaban J connectivity index is 1.74. The number of hydrogen-bond donors (Lipinski definition) is 1. The van der Waals surface area contributed by atoms with Crippen molar-refractivity contribution >= 4 is 16.7 Å².